The highest BCUT2D eigenvalue weighted by Gasteiger charge is 2.48. The van der Waals surface area contributed by atoms with Gasteiger partial charge in [0.15, 0.2) is 9.84 Å². The summed E-state index contributed by atoms with van der Waals surface area (Å²) in [6.45, 7) is 1.84. The first-order valence-corrected chi connectivity index (χ1v) is 8.53. The number of amides is 1. The average Bonchev–Trinajstić information content (AvgIpc) is 3.10. The molecule has 0 bridgehead atoms. The first-order valence-electron chi connectivity index (χ1n) is 6.71. The van der Waals surface area contributed by atoms with Crippen LogP contribution >= 0.6 is 0 Å². The SMILES string of the molecule is CC(NC(=O)CC1CS(=O)(=O)CCN1)(C(=O)O)C1CC1. The minimum atomic E-state index is -3.10. The standard InChI is InChI=1S/C12H20N2O5S/c1-12(11(16)17,8-2-3-8)14-10(15)6-9-7-20(18,19)5-4-13-9/h8-9,13H,2-7H2,1H3,(H,14,15)(H,16,17). The van der Waals surface area contributed by atoms with Gasteiger partial charge >= 0.3 is 5.97 Å². The van der Waals surface area contributed by atoms with Crippen LogP contribution < -0.4 is 10.6 Å². The van der Waals surface area contributed by atoms with Crippen LogP contribution in [0.5, 0.6) is 0 Å². The molecule has 3 N–H and O–H groups in total. The van der Waals surface area contributed by atoms with E-state index in [-0.39, 0.29) is 23.8 Å². The van der Waals surface area contributed by atoms with Crippen LogP contribution in [-0.4, -0.2) is 55.0 Å². The lowest BCUT2D eigenvalue weighted by Gasteiger charge is -2.28. The molecule has 2 rings (SSSR count). The number of rotatable bonds is 5. The molecule has 1 aliphatic heterocycles. The summed E-state index contributed by atoms with van der Waals surface area (Å²) in [5, 5.41) is 14.8. The van der Waals surface area contributed by atoms with Gasteiger partial charge in [-0.3, -0.25) is 4.79 Å². The minimum Gasteiger partial charge on any atom is -0.480 e. The van der Waals surface area contributed by atoms with E-state index in [0.29, 0.717) is 6.54 Å². The molecule has 114 valence electrons. The normalized spacial score (nSPS) is 28.4. The van der Waals surface area contributed by atoms with Crippen LogP contribution in [0.3, 0.4) is 0 Å². The van der Waals surface area contributed by atoms with E-state index >= 15 is 0 Å². The Morgan fingerprint density at radius 2 is 2.05 bits per heavy atom. The summed E-state index contributed by atoms with van der Waals surface area (Å²) in [5.74, 6) is -1.49. The highest BCUT2D eigenvalue weighted by Crippen LogP contribution is 2.39. The van der Waals surface area contributed by atoms with Crippen molar-refractivity contribution in [2.75, 3.05) is 18.1 Å². The van der Waals surface area contributed by atoms with E-state index in [1.807, 2.05) is 0 Å². The van der Waals surface area contributed by atoms with Crippen LogP contribution in [-0.2, 0) is 19.4 Å². The number of carbonyl (C=O) groups excluding carboxylic acids is 1. The van der Waals surface area contributed by atoms with Crippen molar-refractivity contribution in [1.82, 2.24) is 10.6 Å². The van der Waals surface area contributed by atoms with E-state index in [2.05, 4.69) is 10.6 Å². The summed E-state index contributed by atoms with van der Waals surface area (Å²) >= 11 is 0. The maximum absolute atomic E-state index is 12.0. The maximum Gasteiger partial charge on any atom is 0.329 e. The molecule has 2 unspecified atom stereocenters. The second kappa shape index (κ2) is 5.33. The highest BCUT2D eigenvalue weighted by molar-refractivity contribution is 7.91. The Labute approximate surface area is 118 Å². The van der Waals surface area contributed by atoms with E-state index in [0.717, 1.165) is 12.8 Å². The molecule has 2 fully saturated rings. The predicted molar refractivity (Wildman–Crippen MR) is 72.0 cm³/mol. The number of carboxylic acid groups (broad SMARTS) is 1. The van der Waals surface area contributed by atoms with Gasteiger partial charge in [-0.05, 0) is 25.7 Å². The molecule has 2 atom stereocenters. The van der Waals surface area contributed by atoms with Gasteiger partial charge in [0.1, 0.15) is 5.54 Å². The molecule has 0 aromatic rings. The third kappa shape index (κ3) is 3.49. The third-order valence-corrected chi connectivity index (χ3v) is 5.71. The number of carbonyl (C=O) groups is 2. The number of aliphatic carboxylic acids is 1. The van der Waals surface area contributed by atoms with Crippen molar-refractivity contribution in [3.63, 3.8) is 0 Å². The monoisotopic (exact) mass is 304 g/mol. The highest BCUT2D eigenvalue weighted by atomic mass is 32.2. The zero-order chi connectivity index (χ0) is 15.0. The smallest absolute Gasteiger partial charge is 0.329 e. The topological polar surface area (TPSA) is 113 Å². The van der Waals surface area contributed by atoms with E-state index in [1.54, 1.807) is 0 Å². The van der Waals surface area contributed by atoms with Gasteiger partial charge in [0, 0.05) is 19.0 Å². The zero-order valence-electron chi connectivity index (χ0n) is 11.4. The zero-order valence-corrected chi connectivity index (χ0v) is 12.2. The van der Waals surface area contributed by atoms with Crippen molar-refractivity contribution in [3.8, 4) is 0 Å². The van der Waals surface area contributed by atoms with Gasteiger partial charge in [-0.2, -0.15) is 0 Å². The fourth-order valence-corrected chi connectivity index (χ4v) is 4.00. The summed E-state index contributed by atoms with van der Waals surface area (Å²) in [7, 11) is -3.10. The molecule has 1 heterocycles. The van der Waals surface area contributed by atoms with Crippen LogP contribution in [0.25, 0.3) is 0 Å². The summed E-state index contributed by atoms with van der Waals surface area (Å²) in [5.41, 5.74) is -1.25. The summed E-state index contributed by atoms with van der Waals surface area (Å²) < 4.78 is 23.0. The molecule has 2 aliphatic rings. The van der Waals surface area contributed by atoms with Crippen molar-refractivity contribution in [2.45, 2.75) is 37.8 Å². The number of hydrogen-bond donors (Lipinski definition) is 3. The van der Waals surface area contributed by atoms with Gasteiger partial charge in [0.05, 0.1) is 11.5 Å². The number of carboxylic acids is 1. The Morgan fingerprint density at radius 3 is 2.55 bits per heavy atom. The first kappa shape index (κ1) is 15.2. The third-order valence-electron chi connectivity index (χ3n) is 3.97. The second-order valence-electron chi connectivity index (χ2n) is 5.80. The molecule has 0 radical (unpaired) electrons. The molecule has 0 aromatic heterocycles. The van der Waals surface area contributed by atoms with Crippen molar-refractivity contribution < 1.29 is 23.1 Å². The fourth-order valence-electron chi connectivity index (χ4n) is 2.55. The minimum absolute atomic E-state index is 0.0190. The van der Waals surface area contributed by atoms with Crippen LogP contribution in [0.2, 0.25) is 0 Å². The van der Waals surface area contributed by atoms with Gasteiger partial charge in [-0.15, -0.1) is 0 Å². The second-order valence-corrected chi connectivity index (χ2v) is 8.03. The van der Waals surface area contributed by atoms with Gasteiger partial charge < -0.3 is 15.7 Å². The Balaban J connectivity index is 1.93. The van der Waals surface area contributed by atoms with Crippen LogP contribution in [0.1, 0.15) is 26.2 Å². The van der Waals surface area contributed by atoms with Gasteiger partial charge in [-0.25, -0.2) is 13.2 Å². The molecule has 0 spiro atoms. The van der Waals surface area contributed by atoms with E-state index in [9.17, 15) is 23.1 Å². The molecule has 7 nitrogen and oxygen atoms in total. The molecule has 1 aliphatic carbocycles. The quantitative estimate of drug-likeness (QED) is 0.609. The van der Waals surface area contributed by atoms with Crippen LogP contribution in [0.4, 0.5) is 0 Å². The fraction of sp³-hybridized carbons (Fsp3) is 0.833. The lowest BCUT2D eigenvalue weighted by Crippen LogP contribution is -2.56. The molecule has 1 saturated carbocycles. The van der Waals surface area contributed by atoms with Crippen LogP contribution in [0.15, 0.2) is 0 Å². The maximum atomic E-state index is 12.0. The summed E-state index contributed by atoms with van der Waals surface area (Å²) in [4.78, 5) is 23.3. The summed E-state index contributed by atoms with van der Waals surface area (Å²) in [6, 6.07) is -0.439. The van der Waals surface area contributed by atoms with Crippen molar-refractivity contribution >= 4 is 21.7 Å². The number of nitrogens with one attached hydrogen (secondary N) is 2. The van der Waals surface area contributed by atoms with Gasteiger partial charge in [0.2, 0.25) is 5.91 Å². The Morgan fingerprint density at radius 1 is 1.40 bits per heavy atom. The van der Waals surface area contributed by atoms with Crippen molar-refractivity contribution in [1.29, 1.82) is 0 Å². The Kier molecular flexibility index (Phi) is 4.06. The molecule has 8 heteroatoms. The van der Waals surface area contributed by atoms with E-state index in [1.165, 1.54) is 6.92 Å². The van der Waals surface area contributed by atoms with Crippen molar-refractivity contribution in [2.24, 2.45) is 5.92 Å². The van der Waals surface area contributed by atoms with Gasteiger partial charge in [0.25, 0.3) is 0 Å². The Bertz CT molecular complexity index is 514. The van der Waals surface area contributed by atoms with Gasteiger partial charge in [-0.1, -0.05) is 0 Å². The predicted octanol–water partition coefficient (Wildman–Crippen LogP) is -0.867. The average molecular weight is 304 g/mol. The Hall–Kier alpha value is -1.15. The molecule has 20 heavy (non-hydrogen) atoms. The van der Waals surface area contributed by atoms with Crippen molar-refractivity contribution in [3.05, 3.63) is 0 Å². The number of sulfone groups is 1. The van der Waals surface area contributed by atoms with Crippen LogP contribution in [0, 0.1) is 5.92 Å². The lowest BCUT2D eigenvalue weighted by atomic mass is 9.95. The molecule has 0 aromatic carbocycles. The molecule has 1 amide bonds. The molecule has 1 saturated heterocycles. The largest absolute Gasteiger partial charge is 0.480 e. The first-order chi connectivity index (χ1) is 9.23. The summed E-state index contributed by atoms with van der Waals surface area (Å²) in [6.07, 6.45) is 1.56. The van der Waals surface area contributed by atoms with E-state index < -0.39 is 33.3 Å². The lowest BCUT2D eigenvalue weighted by molar-refractivity contribution is -0.148. The van der Waals surface area contributed by atoms with E-state index in [4.69, 9.17) is 0 Å². The number of hydrogen-bond acceptors (Lipinski definition) is 5. The molecular formula is C12H20N2O5S. The molecular weight excluding hydrogens is 284 g/mol.